The maximum Gasteiger partial charge on any atom is 0.135 e. The third kappa shape index (κ3) is 3.76. The molecule has 0 aliphatic rings. The molecule has 1 N–H and O–H groups in total. The summed E-state index contributed by atoms with van der Waals surface area (Å²) in [5.74, 6) is -0.378. The van der Waals surface area contributed by atoms with Crippen LogP contribution in [-0.4, -0.2) is 14.1 Å². The molecule has 3 aromatic rings. The molecule has 0 unspecified atom stereocenters. The fourth-order valence-electron chi connectivity index (χ4n) is 2.81. The summed E-state index contributed by atoms with van der Waals surface area (Å²) >= 11 is 0. The van der Waals surface area contributed by atoms with Crippen molar-refractivity contribution in [3.05, 3.63) is 107 Å². The fourth-order valence-corrected chi connectivity index (χ4v) is 2.81. The van der Waals surface area contributed by atoms with E-state index in [1.165, 1.54) is 6.07 Å². The van der Waals surface area contributed by atoms with Gasteiger partial charge >= 0.3 is 0 Å². The zero-order chi connectivity index (χ0) is 18.1. The van der Waals surface area contributed by atoms with Gasteiger partial charge in [-0.2, -0.15) is 5.26 Å². The van der Waals surface area contributed by atoms with Gasteiger partial charge in [-0.05, 0) is 31.3 Å². The minimum Gasteiger partial charge on any atom is -0.323 e. The molecule has 3 rings (SSSR count). The maximum absolute atomic E-state index is 14.5. The maximum atomic E-state index is 14.5. The van der Waals surface area contributed by atoms with Crippen LogP contribution >= 0.6 is 0 Å². The number of rotatable bonds is 3. The van der Waals surface area contributed by atoms with E-state index in [0.29, 0.717) is 5.56 Å². The number of nitrogens with zero attached hydrogens (tertiary/aromatic N) is 1. The van der Waals surface area contributed by atoms with Gasteiger partial charge in [-0.25, -0.2) is 4.39 Å². The van der Waals surface area contributed by atoms with Crippen molar-refractivity contribution in [2.24, 2.45) is 0 Å². The molecular formula is C22H21FN2. The van der Waals surface area contributed by atoms with Crippen molar-refractivity contribution < 1.29 is 4.39 Å². The van der Waals surface area contributed by atoms with E-state index in [1.54, 1.807) is 18.2 Å². The highest BCUT2D eigenvalue weighted by molar-refractivity contribution is 5.56. The lowest BCUT2D eigenvalue weighted by Gasteiger charge is -2.28. The van der Waals surface area contributed by atoms with Crippen LogP contribution in [0.25, 0.3) is 0 Å². The van der Waals surface area contributed by atoms with Crippen LogP contribution in [0, 0.1) is 17.1 Å². The van der Waals surface area contributed by atoms with Gasteiger partial charge < -0.3 is 5.32 Å². The summed E-state index contributed by atoms with van der Waals surface area (Å²) < 4.78 is 14.5. The summed E-state index contributed by atoms with van der Waals surface area (Å²) in [6, 6.07) is 27.5. The van der Waals surface area contributed by atoms with E-state index >= 15 is 0 Å². The second-order valence-electron chi connectivity index (χ2n) is 5.57. The van der Waals surface area contributed by atoms with Crippen molar-refractivity contribution in [3.63, 3.8) is 0 Å². The normalized spacial score (nSPS) is 10.3. The Bertz CT molecular complexity index is 784. The summed E-state index contributed by atoms with van der Waals surface area (Å²) in [6.07, 6.45) is 0. The molecule has 0 bridgehead atoms. The molecule has 126 valence electrons. The minimum atomic E-state index is -1.16. The zero-order valence-corrected chi connectivity index (χ0v) is 14.4. The summed E-state index contributed by atoms with van der Waals surface area (Å²) in [7, 11) is 3.75. The average Bonchev–Trinajstić information content (AvgIpc) is 2.67. The number of hydrogen-bond donors (Lipinski definition) is 1. The first-order chi connectivity index (χ1) is 12.2. The topological polar surface area (TPSA) is 35.8 Å². The Morgan fingerprint density at radius 3 is 1.56 bits per heavy atom. The molecule has 0 radical (unpaired) electrons. The summed E-state index contributed by atoms with van der Waals surface area (Å²) in [5, 5.41) is 12.8. The van der Waals surface area contributed by atoms with Gasteiger partial charge in [0.1, 0.15) is 11.2 Å². The largest absolute Gasteiger partial charge is 0.323 e. The first-order valence-electron chi connectivity index (χ1n) is 8.06. The van der Waals surface area contributed by atoms with Crippen molar-refractivity contribution >= 4 is 0 Å². The van der Waals surface area contributed by atoms with E-state index in [2.05, 4.69) is 11.4 Å². The smallest absolute Gasteiger partial charge is 0.135 e. The molecule has 0 heterocycles. The van der Waals surface area contributed by atoms with Crippen LogP contribution in [0.5, 0.6) is 0 Å². The average molecular weight is 332 g/mol. The van der Waals surface area contributed by atoms with Gasteiger partial charge in [0.2, 0.25) is 0 Å². The second-order valence-corrected chi connectivity index (χ2v) is 5.57. The molecule has 3 heteroatoms. The van der Waals surface area contributed by atoms with Crippen LogP contribution in [-0.2, 0) is 5.41 Å². The van der Waals surface area contributed by atoms with Gasteiger partial charge in [0.15, 0.2) is 0 Å². The monoisotopic (exact) mass is 332 g/mol. The summed E-state index contributed by atoms with van der Waals surface area (Å²) in [5.41, 5.74) is 0.728. The van der Waals surface area contributed by atoms with E-state index in [-0.39, 0.29) is 5.82 Å². The van der Waals surface area contributed by atoms with Gasteiger partial charge in [-0.3, -0.25) is 0 Å². The number of nitriles is 1. The highest BCUT2D eigenvalue weighted by Gasteiger charge is 2.38. The van der Waals surface area contributed by atoms with Gasteiger partial charge in [0, 0.05) is 5.56 Å². The van der Waals surface area contributed by atoms with Crippen LogP contribution in [0.3, 0.4) is 0 Å². The van der Waals surface area contributed by atoms with Crippen LogP contribution in [0.15, 0.2) is 84.9 Å². The molecule has 0 fully saturated rings. The van der Waals surface area contributed by atoms with E-state index in [1.807, 2.05) is 74.8 Å². The van der Waals surface area contributed by atoms with E-state index in [4.69, 9.17) is 0 Å². The molecule has 0 amide bonds. The molecular weight excluding hydrogens is 311 g/mol. The number of benzene rings is 3. The zero-order valence-electron chi connectivity index (χ0n) is 14.4. The van der Waals surface area contributed by atoms with Gasteiger partial charge in [0.25, 0.3) is 0 Å². The van der Waals surface area contributed by atoms with Crippen LogP contribution < -0.4 is 5.32 Å². The lowest BCUT2D eigenvalue weighted by atomic mass is 9.70. The Kier molecular flexibility index (Phi) is 6.45. The van der Waals surface area contributed by atoms with Crippen molar-refractivity contribution in [3.8, 4) is 6.07 Å². The van der Waals surface area contributed by atoms with Crippen molar-refractivity contribution in [1.82, 2.24) is 5.32 Å². The Morgan fingerprint density at radius 1 is 0.760 bits per heavy atom. The Balaban J connectivity index is 0.000000701. The summed E-state index contributed by atoms with van der Waals surface area (Å²) in [4.78, 5) is 0. The molecule has 2 nitrogen and oxygen atoms in total. The van der Waals surface area contributed by atoms with E-state index in [0.717, 1.165) is 11.1 Å². The predicted molar refractivity (Wildman–Crippen MR) is 99.8 cm³/mol. The first-order valence-corrected chi connectivity index (χ1v) is 8.06. The lowest BCUT2D eigenvalue weighted by molar-refractivity contribution is 0.589. The van der Waals surface area contributed by atoms with Crippen molar-refractivity contribution in [2.75, 3.05) is 14.1 Å². The Hall–Kier alpha value is -2.96. The molecule has 0 aromatic heterocycles. The Morgan fingerprint density at radius 2 is 1.16 bits per heavy atom. The van der Waals surface area contributed by atoms with Gasteiger partial charge in [-0.15, -0.1) is 0 Å². The third-order valence-electron chi connectivity index (χ3n) is 3.86. The van der Waals surface area contributed by atoms with Gasteiger partial charge in [-0.1, -0.05) is 78.9 Å². The van der Waals surface area contributed by atoms with Crippen LogP contribution in [0.2, 0.25) is 0 Å². The summed E-state index contributed by atoms with van der Waals surface area (Å²) in [6.45, 7) is 0. The van der Waals surface area contributed by atoms with Crippen molar-refractivity contribution in [2.45, 2.75) is 5.41 Å². The molecule has 3 aromatic carbocycles. The first kappa shape index (κ1) is 18.4. The molecule has 0 aliphatic heterocycles. The molecule has 0 saturated carbocycles. The number of halogens is 1. The fraction of sp³-hybridized carbons (Fsp3) is 0.136. The van der Waals surface area contributed by atoms with E-state index < -0.39 is 5.41 Å². The van der Waals surface area contributed by atoms with Crippen molar-refractivity contribution in [1.29, 1.82) is 5.26 Å². The quantitative estimate of drug-likeness (QED) is 0.716. The SMILES string of the molecule is CNC.N#CC(c1ccccc1)(c1ccccc1)c1ccccc1F. The minimum absolute atomic E-state index is 0.370. The van der Waals surface area contributed by atoms with Crippen LogP contribution in [0.1, 0.15) is 16.7 Å². The van der Waals surface area contributed by atoms with Gasteiger partial charge in [0.05, 0.1) is 6.07 Å². The molecule has 0 atom stereocenters. The molecule has 25 heavy (non-hydrogen) atoms. The number of hydrogen-bond acceptors (Lipinski definition) is 2. The predicted octanol–water partition coefficient (Wildman–Crippen LogP) is 4.52. The lowest BCUT2D eigenvalue weighted by Crippen LogP contribution is -2.28. The number of nitrogens with one attached hydrogen (secondary N) is 1. The highest BCUT2D eigenvalue weighted by Crippen LogP contribution is 2.39. The molecule has 0 spiro atoms. The standard InChI is InChI=1S/C20H14FN.C2H7N/c21-19-14-8-7-13-18(19)20(15-22,16-9-3-1-4-10-16)17-11-5-2-6-12-17;1-3-2/h1-14H;3H,1-2H3. The molecule has 0 saturated heterocycles. The second kappa shape index (κ2) is 8.77. The highest BCUT2D eigenvalue weighted by atomic mass is 19.1. The van der Waals surface area contributed by atoms with Crippen LogP contribution in [0.4, 0.5) is 4.39 Å². The van der Waals surface area contributed by atoms with E-state index in [9.17, 15) is 9.65 Å². The Labute approximate surface area is 148 Å². The third-order valence-corrected chi connectivity index (χ3v) is 3.86. The molecule has 0 aliphatic carbocycles.